The fraction of sp³-hybridized carbons (Fsp3) is 0.733. The van der Waals surface area contributed by atoms with Gasteiger partial charge in [-0.1, -0.05) is 19.3 Å². The van der Waals surface area contributed by atoms with Crippen molar-refractivity contribution in [1.29, 1.82) is 0 Å². The molecule has 6 heteroatoms. The molecule has 2 atom stereocenters. The van der Waals surface area contributed by atoms with E-state index in [1.54, 1.807) is 11.3 Å². The average molecular weight is 438 g/mol. The molecule has 118 valence electrons. The Balaban J connectivity index is 1.78. The first-order chi connectivity index (χ1) is 10.1. The molecule has 1 aromatic heterocycles. The van der Waals surface area contributed by atoms with Crippen LogP contribution in [0.1, 0.15) is 56.6 Å². The van der Waals surface area contributed by atoms with Gasteiger partial charge in [0.05, 0.1) is 19.2 Å². The second-order valence-electron chi connectivity index (χ2n) is 6.27. The summed E-state index contributed by atoms with van der Waals surface area (Å²) in [6, 6.07) is 2.38. The number of halogens is 2. The Kier molecular flexibility index (Phi) is 5.44. The lowest BCUT2D eigenvalue weighted by atomic mass is 9.73. The van der Waals surface area contributed by atoms with Crippen molar-refractivity contribution in [3.05, 3.63) is 19.2 Å². The highest BCUT2D eigenvalue weighted by Gasteiger charge is 2.41. The van der Waals surface area contributed by atoms with E-state index in [0.29, 0.717) is 5.92 Å². The van der Waals surface area contributed by atoms with Gasteiger partial charge in [-0.2, -0.15) is 0 Å². The first-order valence-electron chi connectivity index (χ1n) is 7.68. The Morgan fingerprint density at radius 3 is 2.71 bits per heavy atom. The quantitative estimate of drug-likeness (QED) is 0.521. The van der Waals surface area contributed by atoms with Crippen LogP contribution < -0.4 is 11.3 Å². The zero-order valence-electron chi connectivity index (χ0n) is 12.0. The van der Waals surface area contributed by atoms with Gasteiger partial charge in [0.25, 0.3) is 0 Å². The molecule has 21 heavy (non-hydrogen) atoms. The number of hydrogen-bond acceptors (Lipinski definition) is 4. The minimum Gasteiger partial charge on any atom is -0.375 e. The largest absolute Gasteiger partial charge is 0.375 e. The summed E-state index contributed by atoms with van der Waals surface area (Å²) in [5, 5.41) is 0. The summed E-state index contributed by atoms with van der Waals surface area (Å²) in [6.45, 7) is 0.867. The van der Waals surface area contributed by atoms with E-state index >= 15 is 0 Å². The molecule has 1 saturated heterocycles. The van der Waals surface area contributed by atoms with Gasteiger partial charge in [0.1, 0.15) is 0 Å². The first-order valence-corrected chi connectivity index (χ1v) is 10.1. The number of hydrazine groups is 1. The van der Waals surface area contributed by atoms with Crippen molar-refractivity contribution < 1.29 is 4.74 Å². The van der Waals surface area contributed by atoms with Gasteiger partial charge >= 0.3 is 0 Å². The van der Waals surface area contributed by atoms with Gasteiger partial charge in [-0.25, -0.2) is 0 Å². The molecular weight excluding hydrogens is 416 g/mol. The molecule has 3 rings (SSSR count). The maximum atomic E-state index is 6.22. The molecule has 0 bridgehead atoms. The van der Waals surface area contributed by atoms with Crippen molar-refractivity contribution >= 4 is 43.2 Å². The van der Waals surface area contributed by atoms with Crippen molar-refractivity contribution in [1.82, 2.24) is 5.43 Å². The number of nitrogens with two attached hydrogens (primary N) is 1. The molecule has 0 radical (unpaired) electrons. The summed E-state index contributed by atoms with van der Waals surface area (Å²) < 4.78 is 8.53. The summed E-state index contributed by atoms with van der Waals surface area (Å²) in [4.78, 5) is 0. The van der Waals surface area contributed by atoms with Gasteiger partial charge in [0, 0.05) is 6.61 Å². The Morgan fingerprint density at radius 1 is 1.33 bits per heavy atom. The van der Waals surface area contributed by atoms with E-state index in [1.165, 1.54) is 41.5 Å². The van der Waals surface area contributed by atoms with Crippen molar-refractivity contribution in [2.45, 2.75) is 56.6 Å². The van der Waals surface area contributed by atoms with Crippen LogP contribution in [0.4, 0.5) is 0 Å². The fourth-order valence-electron chi connectivity index (χ4n) is 3.94. The summed E-state index contributed by atoms with van der Waals surface area (Å²) in [5.41, 5.74) is 4.46. The first kappa shape index (κ1) is 16.4. The normalized spacial score (nSPS) is 26.9. The molecular formula is C15H22Br2N2OS. The molecule has 1 aliphatic carbocycles. The molecule has 2 unspecified atom stereocenters. The Labute approximate surface area is 147 Å². The topological polar surface area (TPSA) is 47.3 Å². The highest BCUT2D eigenvalue weighted by molar-refractivity contribution is 9.12. The summed E-state index contributed by atoms with van der Waals surface area (Å²) in [7, 11) is 0. The molecule has 2 aliphatic rings. The van der Waals surface area contributed by atoms with Crippen LogP contribution in [0.5, 0.6) is 0 Å². The van der Waals surface area contributed by atoms with Gasteiger partial charge in [0.2, 0.25) is 0 Å². The molecule has 1 aromatic rings. The maximum Gasteiger partial charge on any atom is 0.0758 e. The van der Waals surface area contributed by atoms with Gasteiger partial charge in [-0.3, -0.25) is 11.3 Å². The Bertz CT molecular complexity index is 483. The summed E-state index contributed by atoms with van der Waals surface area (Å²) >= 11 is 8.95. The van der Waals surface area contributed by atoms with Crippen LogP contribution in [0.15, 0.2) is 13.6 Å². The van der Waals surface area contributed by atoms with Crippen LogP contribution in [0.25, 0.3) is 0 Å². The molecule has 1 saturated carbocycles. The van der Waals surface area contributed by atoms with Crippen LogP contribution in [-0.4, -0.2) is 12.2 Å². The smallest absolute Gasteiger partial charge is 0.0758 e. The van der Waals surface area contributed by atoms with Crippen LogP contribution >= 0.6 is 43.2 Å². The third kappa shape index (κ3) is 3.56. The Hall–Kier alpha value is 0.540. The lowest BCUT2D eigenvalue weighted by Gasteiger charge is -2.45. The number of nitrogens with one attached hydrogen (secondary N) is 1. The van der Waals surface area contributed by atoms with E-state index < -0.39 is 0 Å². The van der Waals surface area contributed by atoms with Crippen molar-refractivity contribution in [3.8, 4) is 0 Å². The number of hydrogen-bond donors (Lipinski definition) is 2. The Morgan fingerprint density at radius 2 is 2.10 bits per heavy atom. The number of thiophene rings is 1. The van der Waals surface area contributed by atoms with Crippen LogP contribution in [-0.2, 0) is 4.74 Å². The van der Waals surface area contributed by atoms with Crippen molar-refractivity contribution in [2.75, 3.05) is 6.61 Å². The molecule has 1 spiro atoms. The molecule has 0 aromatic carbocycles. The fourth-order valence-corrected chi connectivity index (χ4v) is 6.87. The number of ether oxygens (including phenoxy) is 1. The third-order valence-electron chi connectivity index (χ3n) is 4.96. The minimum absolute atomic E-state index is 0.121. The highest BCUT2D eigenvalue weighted by atomic mass is 79.9. The second-order valence-corrected chi connectivity index (χ2v) is 10.0. The third-order valence-corrected chi connectivity index (χ3v) is 7.35. The zero-order valence-corrected chi connectivity index (χ0v) is 16.0. The summed E-state index contributed by atoms with van der Waals surface area (Å²) in [6.07, 6.45) is 8.61. The van der Waals surface area contributed by atoms with Gasteiger partial charge in [0.15, 0.2) is 0 Å². The van der Waals surface area contributed by atoms with E-state index in [0.717, 1.165) is 23.2 Å². The molecule has 0 amide bonds. The monoisotopic (exact) mass is 436 g/mol. The predicted molar refractivity (Wildman–Crippen MR) is 94.3 cm³/mol. The van der Waals surface area contributed by atoms with E-state index in [1.807, 2.05) is 0 Å². The molecule has 1 aliphatic heterocycles. The number of rotatable bonds is 3. The minimum atomic E-state index is 0.121. The van der Waals surface area contributed by atoms with Crippen LogP contribution in [0.2, 0.25) is 0 Å². The summed E-state index contributed by atoms with van der Waals surface area (Å²) in [5.74, 6) is 6.45. The van der Waals surface area contributed by atoms with E-state index in [9.17, 15) is 0 Å². The van der Waals surface area contributed by atoms with E-state index in [4.69, 9.17) is 10.6 Å². The second kappa shape index (κ2) is 6.97. The standard InChI is InChI=1S/C15H22Br2N2OS/c16-12-8-11(14(17)21-12)13(19-18)10-4-7-20-15(9-10)5-2-1-3-6-15/h8,10,13,19H,1-7,9,18H2. The van der Waals surface area contributed by atoms with Gasteiger partial charge in [-0.15, -0.1) is 11.3 Å². The molecule has 3 N–H and O–H groups in total. The predicted octanol–water partition coefficient (Wildman–Crippen LogP) is 4.91. The van der Waals surface area contributed by atoms with Gasteiger partial charge in [-0.05, 0) is 75.1 Å². The molecule has 2 heterocycles. The van der Waals surface area contributed by atoms with E-state index in [-0.39, 0.29) is 11.6 Å². The van der Waals surface area contributed by atoms with Crippen molar-refractivity contribution in [3.63, 3.8) is 0 Å². The highest BCUT2D eigenvalue weighted by Crippen LogP contribution is 2.46. The van der Waals surface area contributed by atoms with E-state index in [2.05, 4.69) is 43.4 Å². The zero-order chi connectivity index (χ0) is 14.9. The molecule has 3 nitrogen and oxygen atoms in total. The van der Waals surface area contributed by atoms with Gasteiger partial charge < -0.3 is 4.74 Å². The molecule has 2 fully saturated rings. The van der Waals surface area contributed by atoms with Crippen LogP contribution in [0.3, 0.4) is 0 Å². The maximum absolute atomic E-state index is 6.22. The SMILES string of the molecule is NNC(c1cc(Br)sc1Br)C1CCOC2(CCCCC2)C1. The van der Waals surface area contributed by atoms with Crippen molar-refractivity contribution in [2.24, 2.45) is 11.8 Å². The van der Waals surface area contributed by atoms with Crippen LogP contribution in [0, 0.1) is 5.92 Å². The average Bonchev–Trinajstić information content (AvgIpc) is 2.80. The lowest BCUT2D eigenvalue weighted by molar-refractivity contribution is -0.122. The lowest BCUT2D eigenvalue weighted by Crippen LogP contribution is -2.45.